The van der Waals surface area contributed by atoms with Gasteiger partial charge in [-0.05, 0) is 30.5 Å². The van der Waals surface area contributed by atoms with Crippen LogP contribution in [0.5, 0.6) is 5.75 Å². The molecule has 3 rings (SSSR count). The topological polar surface area (TPSA) is 61.6 Å². The molecule has 0 radical (unpaired) electrons. The number of esters is 1. The predicted molar refractivity (Wildman–Crippen MR) is 109 cm³/mol. The average Bonchev–Trinajstić information content (AvgIpc) is 2.68. The lowest BCUT2D eigenvalue weighted by atomic mass is 10.1. The van der Waals surface area contributed by atoms with Crippen LogP contribution in [-0.4, -0.2) is 12.0 Å². The fraction of sp³-hybridized carbons (Fsp3) is 0.150. The van der Waals surface area contributed by atoms with E-state index < -0.39 is 23.6 Å². The van der Waals surface area contributed by atoms with Crippen molar-refractivity contribution in [3.8, 4) is 5.75 Å². The second-order valence-electron chi connectivity index (χ2n) is 5.79. The van der Waals surface area contributed by atoms with Gasteiger partial charge < -0.3 is 15.0 Å². The summed E-state index contributed by atoms with van der Waals surface area (Å²) < 4.78 is 35.5. The van der Waals surface area contributed by atoms with E-state index in [1.807, 2.05) is 30.3 Å². The molecule has 148 valence electrons. The molecule has 0 bridgehead atoms. The van der Waals surface area contributed by atoms with Gasteiger partial charge in [0.05, 0.1) is 0 Å². The van der Waals surface area contributed by atoms with E-state index in [0.717, 1.165) is 23.3 Å². The third kappa shape index (κ3) is 6.41. The number of benzene rings is 3. The van der Waals surface area contributed by atoms with Gasteiger partial charge >= 0.3 is 5.97 Å². The summed E-state index contributed by atoms with van der Waals surface area (Å²) in [6, 6.07) is 16.3. The molecule has 8 heteroatoms. The van der Waals surface area contributed by atoms with E-state index in [2.05, 4.69) is 16.9 Å². The summed E-state index contributed by atoms with van der Waals surface area (Å²) in [5, 5.41) is 2.29. The Morgan fingerprint density at radius 3 is 2.54 bits per heavy atom. The van der Waals surface area contributed by atoms with Crippen LogP contribution >= 0.6 is 19.4 Å². The first-order chi connectivity index (χ1) is 13.4. The number of fused-ring (bicyclic) bond motifs is 1. The number of hydrogen-bond acceptors (Lipinski definition) is 4. The fourth-order valence-electron chi connectivity index (χ4n) is 2.25. The van der Waals surface area contributed by atoms with Crippen LogP contribution < -0.4 is 10.3 Å². The molecule has 2 N–H and O–H groups in total. The Hall–Kier alpha value is -2.27. The molecular formula is C20H19ClF2NO3P. The van der Waals surface area contributed by atoms with Gasteiger partial charge in [0, 0.05) is 17.0 Å². The highest BCUT2D eigenvalue weighted by molar-refractivity contribution is 7.64. The molecule has 28 heavy (non-hydrogen) atoms. The maximum atomic E-state index is 13.0. The van der Waals surface area contributed by atoms with Crippen LogP contribution in [0, 0.1) is 11.6 Å². The van der Waals surface area contributed by atoms with Crippen LogP contribution in [0.15, 0.2) is 60.7 Å². The zero-order valence-electron chi connectivity index (χ0n) is 15.0. The van der Waals surface area contributed by atoms with Crippen molar-refractivity contribution in [2.45, 2.75) is 19.6 Å². The van der Waals surface area contributed by atoms with Crippen molar-refractivity contribution < 1.29 is 22.8 Å². The maximum absolute atomic E-state index is 13.0. The molecular weight excluding hydrogens is 407 g/mol. The SMILES string of the molecule is CC(N)C(=O)OCc1ccc(F)cc1F.ClPOc1cccc2ccccc12. The van der Waals surface area contributed by atoms with Crippen LogP contribution in [0.2, 0.25) is 0 Å². The molecule has 0 saturated carbocycles. The van der Waals surface area contributed by atoms with Crippen LogP contribution in [0.4, 0.5) is 8.78 Å². The zero-order valence-corrected chi connectivity index (χ0v) is 16.7. The highest BCUT2D eigenvalue weighted by Gasteiger charge is 2.10. The Kier molecular flexibility index (Phi) is 8.58. The van der Waals surface area contributed by atoms with Crippen molar-refractivity contribution >= 4 is 36.1 Å². The van der Waals surface area contributed by atoms with E-state index in [1.165, 1.54) is 18.4 Å². The van der Waals surface area contributed by atoms with E-state index in [4.69, 9.17) is 21.5 Å². The second kappa shape index (κ2) is 10.9. The molecule has 0 spiro atoms. The number of carbonyl (C=O) groups excluding carboxylic acids is 1. The first-order valence-electron chi connectivity index (χ1n) is 8.28. The van der Waals surface area contributed by atoms with Gasteiger partial charge in [0.2, 0.25) is 0 Å². The Morgan fingerprint density at radius 2 is 1.86 bits per heavy atom. The van der Waals surface area contributed by atoms with E-state index in [0.29, 0.717) is 0 Å². The van der Waals surface area contributed by atoms with Gasteiger partial charge in [0.1, 0.15) is 30.0 Å². The number of nitrogens with two attached hydrogens (primary N) is 1. The molecule has 0 aromatic heterocycles. The van der Waals surface area contributed by atoms with Crippen molar-refractivity contribution in [2.75, 3.05) is 0 Å². The molecule has 0 aliphatic carbocycles. The summed E-state index contributed by atoms with van der Waals surface area (Å²) in [4.78, 5) is 11.0. The number of carbonyl (C=O) groups is 1. The summed E-state index contributed by atoms with van der Waals surface area (Å²) in [6.45, 7) is 1.22. The number of halogens is 3. The van der Waals surface area contributed by atoms with Crippen molar-refractivity contribution in [1.29, 1.82) is 0 Å². The molecule has 0 saturated heterocycles. The fourth-order valence-corrected chi connectivity index (χ4v) is 2.76. The lowest BCUT2D eigenvalue weighted by Crippen LogP contribution is -2.28. The van der Waals surface area contributed by atoms with Crippen LogP contribution in [0.25, 0.3) is 10.8 Å². The summed E-state index contributed by atoms with van der Waals surface area (Å²) in [7, 11) is -0.0293. The highest BCUT2D eigenvalue weighted by atomic mass is 35.7. The predicted octanol–water partition coefficient (Wildman–Crippen LogP) is 5.32. The zero-order chi connectivity index (χ0) is 20.5. The Balaban J connectivity index is 0.000000202. The maximum Gasteiger partial charge on any atom is 0.322 e. The minimum Gasteiger partial charge on any atom is -0.460 e. The Bertz CT molecular complexity index is 935. The van der Waals surface area contributed by atoms with Gasteiger partial charge in [-0.1, -0.05) is 47.6 Å². The molecule has 3 aromatic rings. The highest BCUT2D eigenvalue weighted by Crippen LogP contribution is 2.31. The molecule has 0 aliphatic heterocycles. The normalized spacial score (nSPS) is 11.8. The van der Waals surface area contributed by atoms with Crippen molar-refractivity contribution in [3.63, 3.8) is 0 Å². The van der Waals surface area contributed by atoms with Gasteiger partial charge in [-0.25, -0.2) is 8.78 Å². The third-order valence-electron chi connectivity index (χ3n) is 3.65. The van der Waals surface area contributed by atoms with Gasteiger partial charge in [0.15, 0.2) is 8.16 Å². The van der Waals surface area contributed by atoms with Gasteiger partial charge in [-0.3, -0.25) is 4.79 Å². The van der Waals surface area contributed by atoms with E-state index in [1.54, 1.807) is 0 Å². The second-order valence-corrected chi connectivity index (χ2v) is 6.61. The molecule has 0 fully saturated rings. The van der Waals surface area contributed by atoms with Gasteiger partial charge in [-0.2, -0.15) is 0 Å². The van der Waals surface area contributed by atoms with Gasteiger partial charge in [-0.15, -0.1) is 0 Å². The lowest BCUT2D eigenvalue weighted by molar-refractivity contribution is -0.146. The molecule has 0 amide bonds. The van der Waals surface area contributed by atoms with Crippen LogP contribution in [0.1, 0.15) is 12.5 Å². The number of ether oxygens (including phenoxy) is 1. The Labute approximate surface area is 168 Å². The molecule has 2 unspecified atom stereocenters. The minimum atomic E-state index is -0.756. The lowest BCUT2D eigenvalue weighted by Gasteiger charge is -2.07. The number of rotatable bonds is 5. The first kappa shape index (κ1) is 22.0. The van der Waals surface area contributed by atoms with Crippen LogP contribution in [0.3, 0.4) is 0 Å². The van der Waals surface area contributed by atoms with Crippen molar-refractivity contribution in [1.82, 2.24) is 0 Å². The number of hydrogen-bond donors (Lipinski definition) is 1. The Morgan fingerprint density at radius 1 is 1.14 bits per heavy atom. The van der Waals surface area contributed by atoms with Gasteiger partial charge in [0.25, 0.3) is 0 Å². The van der Waals surface area contributed by atoms with E-state index >= 15 is 0 Å². The molecule has 0 aliphatic rings. The summed E-state index contributed by atoms with van der Waals surface area (Å²) in [5.74, 6) is -1.19. The molecule has 3 aromatic carbocycles. The van der Waals surface area contributed by atoms with Crippen LogP contribution in [-0.2, 0) is 16.1 Å². The molecule has 2 atom stereocenters. The smallest absolute Gasteiger partial charge is 0.322 e. The minimum absolute atomic E-state index is 0.0293. The summed E-state index contributed by atoms with van der Waals surface area (Å²) in [5.41, 5.74) is 5.35. The largest absolute Gasteiger partial charge is 0.460 e. The molecule has 4 nitrogen and oxygen atoms in total. The summed E-state index contributed by atoms with van der Waals surface area (Å²) >= 11 is 5.54. The molecule has 0 heterocycles. The van der Waals surface area contributed by atoms with Crippen molar-refractivity contribution in [3.05, 3.63) is 77.9 Å². The van der Waals surface area contributed by atoms with Crippen molar-refractivity contribution in [2.24, 2.45) is 5.73 Å². The van der Waals surface area contributed by atoms with E-state index in [-0.39, 0.29) is 20.3 Å². The third-order valence-corrected chi connectivity index (χ3v) is 4.18. The standard InChI is InChI=1S/C10H8ClOP.C10H11F2NO2/c11-13-12-10-7-3-5-8-4-1-2-6-9(8)10;1-6(13)10(14)15-5-7-2-3-8(11)4-9(7)12/h1-7,13H;2-4,6H,5,13H2,1H3. The summed E-state index contributed by atoms with van der Waals surface area (Å²) in [6.07, 6.45) is 0. The quantitative estimate of drug-likeness (QED) is 0.444. The first-order valence-corrected chi connectivity index (χ1v) is 10.2. The monoisotopic (exact) mass is 425 g/mol. The average molecular weight is 426 g/mol. The van der Waals surface area contributed by atoms with E-state index in [9.17, 15) is 13.6 Å².